The topological polar surface area (TPSA) is 69.2 Å². The minimum absolute atomic E-state index is 0. The summed E-state index contributed by atoms with van der Waals surface area (Å²) in [5, 5.41) is 3.29. The van der Waals surface area contributed by atoms with E-state index in [4.69, 9.17) is 0 Å². The fourth-order valence-electron chi connectivity index (χ4n) is 1.86. The third-order valence-corrected chi connectivity index (χ3v) is 3.40. The summed E-state index contributed by atoms with van der Waals surface area (Å²) in [5.41, 5.74) is 0. The van der Waals surface area contributed by atoms with Crippen molar-refractivity contribution >= 4 is 10.1 Å². The average molecular weight is 243 g/mol. The first kappa shape index (κ1) is 15.9. The van der Waals surface area contributed by atoms with Gasteiger partial charge in [-0.05, 0) is 25.8 Å². The molecular formula is C9H18NNaO3S. The number of hydrogen-bond acceptors (Lipinski definition) is 4. The van der Waals surface area contributed by atoms with Gasteiger partial charge in [-0.1, -0.05) is 19.3 Å². The van der Waals surface area contributed by atoms with E-state index >= 15 is 0 Å². The van der Waals surface area contributed by atoms with Crippen molar-refractivity contribution in [3.05, 3.63) is 0 Å². The Morgan fingerprint density at radius 2 is 1.80 bits per heavy atom. The van der Waals surface area contributed by atoms with Crippen LogP contribution in [-0.2, 0) is 10.1 Å². The van der Waals surface area contributed by atoms with Gasteiger partial charge in [-0.15, -0.1) is 0 Å². The molecule has 0 aromatic rings. The van der Waals surface area contributed by atoms with Crippen LogP contribution in [0.15, 0.2) is 0 Å². The Morgan fingerprint density at radius 1 is 1.20 bits per heavy atom. The fourth-order valence-corrected chi connectivity index (χ4v) is 2.36. The van der Waals surface area contributed by atoms with Gasteiger partial charge >= 0.3 is 29.6 Å². The van der Waals surface area contributed by atoms with Crippen LogP contribution >= 0.6 is 0 Å². The standard InChI is InChI=1S/C9H19NO3S.Na/c11-14(12,13)8-4-7-10-9-5-2-1-3-6-9;/h9-10H,1-8H2,(H,11,12,13);/q;+1/p-1. The van der Waals surface area contributed by atoms with Crippen LogP contribution in [0.25, 0.3) is 0 Å². The van der Waals surface area contributed by atoms with E-state index in [2.05, 4.69) is 5.32 Å². The zero-order valence-corrected chi connectivity index (χ0v) is 12.2. The average Bonchev–Trinajstić information content (AvgIpc) is 2.13. The van der Waals surface area contributed by atoms with Gasteiger partial charge in [0.25, 0.3) is 0 Å². The second kappa shape index (κ2) is 8.03. The summed E-state index contributed by atoms with van der Waals surface area (Å²) in [6.45, 7) is 0.645. The normalized spacial score (nSPS) is 18.5. The zero-order chi connectivity index (χ0) is 10.4. The molecule has 0 aromatic carbocycles. The van der Waals surface area contributed by atoms with Crippen LogP contribution in [0.2, 0.25) is 0 Å². The van der Waals surface area contributed by atoms with E-state index < -0.39 is 10.1 Å². The van der Waals surface area contributed by atoms with Crippen molar-refractivity contribution in [3.8, 4) is 0 Å². The molecule has 0 bridgehead atoms. The number of nitrogens with one attached hydrogen (secondary N) is 1. The maximum absolute atomic E-state index is 10.3. The van der Waals surface area contributed by atoms with Crippen molar-refractivity contribution in [2.45, 2.75) is 44.6 Å². The first-order chi connectivity index (χ1) is 6.58. The van der Waals surface area contributed by atoms with Crippen LogP contribution in [0.4, 0.5) is 0 Å². The van der Waals surface area contributed by atoms with Crippen molar-refractivity contribution < 1.29 is 42.5 Å². The summed E-state index contributed by atoms with van der Waals surface area (Å²) >= 11 is 0. The van der Waals surface area contributed by atoms with Gasteiger partial charge in [0.05, 0.1) is 10.1 Å². The molecule has 1 aliphatic rings. The summed E-state index contributed by atoms with van der Waals surface area (Å²) in [7, 11) is -4.02. The second-order valence-corrected chi connectivity index (χ2v) is 5.43. The summed E-state index contributed by atoms with van der Waals surface area (Å²) < 4.78 is 30.9. The Bertz CT molecular complexity index is 250. The number of hydrogen-bond donors (Lipinski definition) is 1. The molecule has 0 saturated heterocycles. The van der Waals surface area contributed by atoms with Crippen LogP contribution in [-0.4, -0.2) is 31.3 Å². The van der Waals surface area contributed by atoms with Gasteiger partial charge in [0.1, 0.15) is 0 Å². The molecule has 15 heavy (non-hydrogen) atoms. The first-order valence-electron chi connectivity index (χ1n) is 5.25. The van der Waals surface area contributed by atoms with Crippen LogP contribution in [0.5, 0.6) is 0 Å². The predicted octanol–water partition coefficient (Wildman–Crippen LogP) is -2.15. The van der Waals surface area contributed by atoms with Crippen molar-refractivity contribution in [1.82, 2.24) is 5.32 Å². The quantitative estimate of drug-likeness (QED) is 0.339. The van der Waals surface area contributed by atoms with Gasteiger partial charge < -0.3 is 9.87 Å². The second-order valence-electron chi connectivity index (χ2n) is 3.90. The monoisotopic (exact) mass is 243 g/mol. The number of rotatable bonds is 5. The molecule has 0 atom stereocenters. The van der Waals surface area contributed by atoms with Gasteiger partial charge in [0.15, 0.2) is 0 Å². The summed E-state index contributed by atoms with van der Waals surface area (Å²) in [4.78, 5) is 0. The Hall–Kier alpha value is 0.870. The molecule has 0 heterocycles. The SMILES string of the molecule is O=S(=O)([O-])CCCNC1CCCCC1.[Na+]. The Kier molecular flexibility index (Phi) is 8.50. The maximum Gasteiger partial charge on any atom is 1.00 e. The molecular weight excluding hydrogens is 225 g/mol. The molecule has 1 rings (SSSR count). The van der Waals surface area contributed by atoms with E-state index in [9.17, 15) is 13.0 Å². The summed E-state index contributed by atoms with van der Waals surface area (Å²) in [6, 6.07) is 0.540. The third kappa shape index (κ3) is 8.65. The Morgan fingerprint density at radius 3 is 2.33 bits per heavy atom. The predicted molar refractivity (Wildman–Crippen MR) is 54.1 cm³/mol. The van der Waals surface area contributed by atoms with Crippen molar-refractivity contribution in [2.24, 2.45) is 0 Å². The van der Waals surface area contributed by atoms with Gasteiger partial charge in [0.2, 0.25) is 0 Å². The molecule has 0 amide bonds. The van der Waals surface area contributed by atoms with Gasteiger partial charge in [-0.3, -0.25) is 0 Å². The molecule has 4 nitrogen and oxygen atoms in total. The molecule has 1 saturated carbocycles. The molecule has 6 heteroatoms. The maximum atomic E-state index is 10.3. The van der Waals surface area contributed by atoms with Crippen LogP contribution in [0.3, 0.4) is 0 Å². The van der Waals surface area contributed by atoms with E-state index in [-0.39, 0.29) is 35.3 Å². The zero-order valence-electron chi connectivity index (χ0n) is 9.37. The van der Waals surface area contributed by atoms with E-state index in [0.717, 1.165) is 0 Å². The van der Waals surface area contributed by atoms with Gasteiger partial charge in [0, 0.05) is 11.8 Å². The molecule has 0 spiro atoms. The largest absolute Gasteiger partial charge is 1.00 e. The van der Waals surface area contributed by atoms with Crippen LogP contribution < -0.4 is 34.9 Å². The smallest absolute Gasteiger partial charge is 0.748 e. The third-order valence-electron chi connectivity index (χ3n) is 2.61. The molecule has 1 fully saturated rings. The Balaban J connectivity index is 0.00000196. The molecule has 1 aliphatic carbocycles. The van der Waals surface area contributed by atoms with Gasteiger partial charge in [-0.25, -0.2) is 8.42 Å². The van der Waals surface area contributed by atoms with Gasteiger partial charge in [-0.2, -0.15) is 0 Å². The van der Waals surface area contributed by atoms with Crippen molar-refractivity contribution in [1.29, 1.82) is 0 Å². The van der Waals surface area contributed by atoms with Crippen LogP contribution in [0, 0.1) is 0 Å². The minimum Gasteiger partial charge on any atom is -0.748 e. The van der Waals surface area contributed by atoms with E-state index in [1.54, 1.807) is 0 Å². The molecule has 0 aliphatic heterocycles. The van der Waals surface area contributed by atoms with Crippen molar-refractivity contribution in [2.75, 3.05) is 12.3 Å². The summed E-state index contributed by atoms with van der Waals surface area (Å²) in [5.74, 6) is -0.243. The molecule has 84 valence electrons. The van der Waals surface area contributed by atoms with Crippen molar-refractivity contribution in [3.63, 3.8) is 0 Å². The fraction of sp³-hybridized carbons (Fsp3) is 1.00. The molecule has 0 unspecified atom stereocenters. The Labute approximate surface area is 114 Å². The van der Waals surface area contributed by atoms with E-state index in [1.165, 1.54) is 32.1 Å². The first-order valence-corrected chi connectivity index (χ1v) is 6.82. The van der Waals surface area contributed by atoms with Crippen LogP contribution in [0.1, 0.15) is 38.5 Å². The molecule has 0 radical (unpaired) electrons. The van der Waals surface area contributed by atoms with E-state index in [0.29, 0.717) is 19.0 Å². The minimum atomic E-state index is -4.02. The molecule has 0 aromatic heterocycles. The van der Waals surface area contributed by atoms with E-state index in [1.807, 2.05) is 0 Å². The molecule has 1 N–H and O–H groups in total. The summed E-state index contributed by atoms with van der Waals surface area (Å²) in [6.07, 6.45) is 6.64.